The van der Waals surface area contributed by atoms with Crippen LogP contribution >= 0.6 is 0 Å². The highest BCUT2D eigenvalue weighted by Crippen LogP contribution is 2.43. The molecule has 8 heteroatoms. The number of halogens is 3. The van der Waals surface area contributed by atoms with Gasteiger partial charge >= 0.3 is 0 Å². The fraction of sp³-hybridized carbons (Fsp3) is 0.561. The summed E-state index contributed by atoms with van der Waals surface area (Å²) in [6.45, 7) is 24.3. The predicted octanol–water partition coefficient (Wildman–Crippen LogP) is 11.9. The molecular weight excluding hydrogens is 621 g/mol. The molecule has 49 heavy (non-hydrogen) atoms. The van der Waals surface area contributed by atoms with Crippen LogP contribution in [0.2, 0.25) is 0 Å². The van der Waals surface area contributed by atoms with Gasteiger partial charge in [-0.1, -0.05) is 85.6 Å². The van der Waals surface area contributed by atoms with Crippen molar-refractivity contribution < 1.29 is 18.3 Å². The summed E-state index contributed by atoms with van der Waals surface area (Å²) in [5.74, 6) is -0.967. The van der Waals surface area contributed by atoms with Crippen LogP contribution in [0.5, 0.6) is 0 Å². The predicted molar refractivity (Wildman–Crippen MR) is 199 cm³/mol. The van der Waals surface area contributed by atoms with Gasteiger partial charge in [0.25, 0.3) is 5.92 Å². The van der Waals surface area contributed by atoms with Gasteiger partial charge in [-0.2, -0.15) is 0 Å². The van der Waals surface area contributed by atoms with Crippen molar-refractivity contribution >= 4 is 5.57 Å². The number of allylic oxidation sites excluding steroid dienone is 3. The average molecular weight is 683 g/mol. The molecule has 2 heterocycles. The summed E-state index contributed by atoms with van der Waals surface area (Å²) >= 11 is 0. The van der Waals surface area contributed by atoms with Gasteiger partial charge in [-0.25, -0.2) is 33.1 Å². The minimum Gasteiger partial charge on any atom is -0.389 e. The van der Waals surface area contributed by atoms with E-state index in [1.807, 2.05) is 6.07 Å². The summed E-state index contributed by atoms with van der Waals surface area (Å²) in [5, 5.41) is 10.3. The van der Waals surface area contributed by atoms with Gasteiger partial charge in [0.2, 0.25) is 0 Å². The average Bonchev–Trinajstić information content (AvgIpc) is 3.92. The molecule has 4 rings (SSSR count). The minimum absolute atomic E-state index is 0.123. The Bertz CT molecular complexity index is 1470. The number of nitrogens with zero attached hydrogens (tertiary/aromatic N) is 4. The maximum Gasteiger partial charge on any atom is 0.266 e. The van der Waals surface area contributed by atoms with Crippen molar-refractivity contribution in [1.82, 2.24) is 19.9 Å². The van der Waals surface area contributed by atoms with Gasteiger partial charge in [-0.05, 0) is 88.5 Å². The van der Waals surface area contributed by atoms with E-state index in [0.717, 1.165) is 60.3 Å². The van der Waals surface area contributed by atoms with Crippen LogP contribution in [0.1, 0.15) is 154 Å². The third kappa shape index (κ3) is 14.9. The Hall–Kier alpha value is -3.39. The molecule has 1 N–H and O–H groups in total. The molecule has 0 amide bonds. The Kier molecular flexibility index (Phi) is 19.3. The molecule has 1 atom stereocenters. The third-order valence-electron chi connectivity index (χ3n) is 8.41. The number of hydrogen-bond acceptors (Lipinski definition) is 5. The lowest BCUT2D eigenvalue weighted by molar-refractivity contribution is 0.0633. The number of rotatable bonds is 11. The Morgan fingerprint density at radius 3 is 2.02 bits per heavy atom. The fourth-order valence-corrected chi connectivity index (χ4v) is 4.29. The van der Waals surface area contributed by atoms with Crippen molar-refractivity contribution in [2.75, 3.05) is 0 Å². The second-order valence-electron chi connectivity index (χ2n) is 13.2. The molecule has 0 saturated heterocycles. The van der Waals surface area contributed by atoms with E-state index >= 15 is 0 Å². The lowest BCUT2D eigenvalue weighted by Crippen LogP contribution is -2.10. The van der Waals surface area contributed by atoms with Gasteiger partial charge < -0.3 is 5.11 Å². The van der Waals surface area contributed by atoms with Gasteiger partial charge in [0.1, 0.15) is 12.1 Å². The second-order valence-corrected chi connectivity index (χ2v) is 13.2. The number of aliphatic hydroxyl groups is 1. The van der Waals surface area contributed by atoms with E-state index in [9.17, 15) is 18.3 Å². The highest BCUT2D eigenvalue weighted by atomic mass is 19.3. The summed E-state index contributed by atoms with van der Waals surface area (Å²) in [6.07, 6.45) is 12.2. The van der Waals surface area contributed by atoms with Crippen molar-refractivity contribution in [3.8, 4) is 11.4 Å². The molecular formula is C41H61F3N4O. The van der Waals surface area contributed by atoms with Crippen LogP contribution < -0.4 is 0 Å². The van der Waals surface area contributed by atoms with E-state index in [1.165, 1.54) is 32.3 Å². The van der Waals surface area contributed by atoms with Crippen LogP contribution in [0.25, 0.3) is 17.0 Å². The maximum atomic E-state index is 14.4. The maximum absolute atomic E-state index is 14.4. The molecule has 2 aromatic heterocycles. The van der Waals surface area contributed by atoms with Crippen LogP contribution in [-0.4, -0.2) is 31.0 Å². The van der Waals surface area contributed by atoms with Gasteiger partial charge in [-0.3, -0.25) is 0 Å². The highest BCUT2D eigenvalue weighted by molar-refractivity contribution is 5.63. The van der Waals surface area contributed by atoms with E-state index in [2.05, 4.69) is 63.1 Å². The SMILES string of the molecule is C/C=C(\C)C(C)(F)F.C=C(C)c1ccc(CCc2nc(-c3c(CC)ncnc3C3CC3)ncc2C(C)O)cc1F.CCC(C)C.CCCC. The van der Waals surface area contributed by atoms with Crippen molar-refractivity contribution in [1.29, 1.82) is 0 Å². The third-order valence-corrected chi connectivity index (χ3v) is 8.41. The van der Waals surface area contributed by atoms with Gasteiger partial charge in [0.15, 0.2) is 5.82 Å². The van der Waals surface area contributed by atoms with E-state index in [4.69, 9.17) is 4.98 Å². The van der Waals surface area contributed by atoms with Gasteiger partial charge in [-0.15, -0.1) is 0 Å². The number of hydrogen-bond donors (Lipinski definition) is 1. The summed E-state index contributed by atoms with van der Waals surface area (Å²) in [6, 6.07) is 5.24. The van der Waals surface area contributed by atoms with E-state index in [1.54, 1.807) is 45.4 Å². The monoisotopic (exact) mass is 682 g/mol. The molecule has 1 unspecified atom stereocenters. The first-order valence-electron chi connectivity index (χ1n) is 17.9. The largest absolute Gasteiger partial charge is 0.389 e. The zero-order valence-electron chi connectivity index (χ0n) is 31.9. The van der Waals surface area contributed by atoms with E-state index < -0.39 is 12.0 Å². The molecule has 3 aromatic rings. The normalized spacial score (nSPS) is 13.3. The number of benzene rings is 1. The Morgan fingerprint density at radius 2 is 1.61 bits per heavy atom. The van der Waals surface area contributed by atoms with Crippen molar-refractivity contribution in [2.45, 2.75) is 145 Å². The minimum atomic E-state index is -2.63. The molecule has 1 fully saturated rings. The van der Waals surface area contributed by atoms with Crippen molar-refractivity contribution in [3.05, 3.63) is 88.5 Å². The molecule has 5 nitrogen and oxygen atoms in total. The first-order valence-corrected chi connectivity index (χ1v) is 17.9. The van der Waals surface area contributed by atoms with Crippen molar-refractivity contribution in [3.63, 3.8) is 0 Å². The fourth-order valence-electron chi connectivity index (χ4n) is 4.29. The van der Waals surface area contributed by atoms with Crippen LogP contribution in [0.15, 0.2) is 49.0 Å². The van der Waals surface area contributed by atoms with Gasteiger partial charge in [0, 0.05) is 30.2 Å². The Balaban J connectivity index is 0.000000585. The standard InChI is InChI=1S/C26H29FN4O.C6H10F2.C5H12.C4H10/c1-5-22-24(25(18-8-9-18)30-14-29-22)26-28-13-20(16(4)32)23(31-26)11-7-17-6-10-19(15(2)3)21(27)12-17;1-4-5(2)6(3,7)8;1-4-5(2)3;1-3-4-2/h6,10,12-14,16,18,32H,2,5,7-9,11H2,1,3-4H3;4H,1-3H3;5H,4H2,1-3H3;3-4H2,1-2H3/b;5-4+;;. The zero-order chi connectivity index (χ0) is 37.3. The molecule has 0 radical (unpaired) electrons. The lowest BCUT2D eigenvalue weighted by atomic mass is 9.99. The summed E-state index contributed by atoms with van der Waals surface area (Å²) in [4.78, 5) is 18.5. The molecule has 0 bridgehead atoms. The first kappa shape index (κ1) is 43.6. The summed E-state index contributed by atoms with van der Waals surface area (Å²) in [7, 11) is 0. The molecule has 0 spiro atoms. The Morgan fingerprint density at radius 1 is 1.00 bits per heavy atom. The second kappa shape index (κ2) is 21.6. The quantitative estimate of drug-likeness (QED) is 0.204. The summed E-state index contributed by atoms with van der Waals surface area (Å²) in [5.41, 5.74) is 6.57. The number of aliphatic hydroxyl groups excluding tert-OH is 1. The first-order chi connectivity index (χ1) is 23.0. The van der Waals surface area contributed by atoms with Crippen LogP contribution in [0.4, 0.5) is 13.2 Å². The molecule has 1 aromatic carbocycles. The van der Waals surface area contributed by atoms with Crippen LogP contribution in [0.3, 0.4) is 0 Å². The summed E-state index contributed by atoms with van der Waals surface area (Å²) < 4.78 is 38.5. The smallest absolute Gasteiger partial charge is 0.266 e. The molecule has 272 valence electrons. The van der Waals surface area contributed by atoms with E-state index in [-0.39, 0.29) is 11.4 Å². The zero-order valence-corrected chi connectivity index (χ0v) is 31.9. The lowest BCUT2D eigenvalue weighted by Gasteiger charge is -2.15. The van der Waals surface area contributed by atoms with E-state index in [0.29, 0.717) is 41.3 Å². The van der Waals surface area contributed by atoms with Crippen LogP contribution in [0, 0.1) is 11.7 Å². The number of aryl methyl sites for hydroxylation is 3. The van der Waals surface area contributed by atoms with Crippen LogP contribution in [-0.2, 0) is 19.3 Å². The van der Waals surface area contributed by atoms with Gasteiger partial charge in [0.05, 0.1) is 28.7 Å². The molecule has 0 aliphatic heterocycles. The highest BCUT2D eigenvalue weighted by Gasteiger charge is 2.30. The van der Waals surface area contributed by atoms with Crippen molar-refractivity contribution in [2.24, 2.45) is 5.92 Å². The molecule has 1 aliphatic rings. The number of aromatic nitrogens is 4. The Labute approximate surface area is 294 Å². The molecule has 1 saturated carbocycles. The number of unbranched alkanes of at least 4 members (excludes halogenated alkanes) is 1. The molecule has 1 aliphatic carbocycles. The number of alkyl halides is 2. The topological polar surface area (TPSA) is 71.8 Å².